The third kappa shape index (κ3) is 4.37. The summed E-state index contributed by atoms with van der Waals surface area (Å²) < 4.78 is 35.2. The zero-order valence-corrected chi connectivity index (χ0v) is 17.4. The molecular formula is C16H33NO4SSi. The zero-order valence-electron chi connectivity index (χ0n) is 15.6. The van der Waals surface area contributed by atoms with Gasteiger partial charge >= 0.3 is 0 Å². The van der Waals surface area contributed by atoms with Gasteiger partial charge in [-0.05, 0) is 44.4 Å². The first-order valence-electron chi connectivity index (χ1n) is 8.56. The van der Waals surface area contributed by atoms with Crippen molar-refractivity contribution in [3.8, 4) is 0 Å². The summed E-state index contributed by atoms with van der Waals surface area (Å²) in [5.41, 5.74) is 0. The van der Waals surface area contributed by atoms with Gasteiger partial charge in [0.25, 0.3) is 10.1 Å². The van der Waals surface area contributed by atoms with Gasteiger partial charge in [-0.2, -0.15) is 8.42 Å². The fraction of sp³-hybridized carbons (Fsp3) is 1.00. The van der Waals surface area contributed by atoms with Gasteiger partial charge in [0.1, 0.15) is 0 Å². The predicted molar refractivity (Wildman–Crippen MR) is 95.5 cm³/mol. The van der Waals surface area contributed by atoms with Gasteiger partial charge in [0.05, 0.1) is 12.4 Å². The Bertz CT molecular complexity index is 529. The van der Waals surface area contributed by atoms with Crippen LogP contribution in [-0.2, 0) is 18.7 Å². The quantitative estimate of drug-likeness (QED) is 0.555. The Morgan fingerprint density at radius 1 is 1.22 bits per heavy atom. The van der Waals surface area contributed by atoms with Crippen LogP contribution >= 0.6 is 0 Å². The highest BCUT2D eigenvalue weighted by molar-refractivity contribution is 7.86. The average molecular weight is 364 g/mol. The molecule has 0 amide bonds. The minimum absolute atomic E-state index is 0.127. The van der Waals surface area contributed by atoms with Crippen molar-refractivity contribution in [3.63, 3.8) is 0 Å². The van der Waals surface area contributed by atoms with Crippen molar-refractivity contribution >= 4 is 18.4 Å². The molecule has 0 spiro atoms. The molecule has 0 aliphatic carbocycles. The van der Waals surface area contributed by atoms with E-state index in [1.807, 2.05) is 0 Å². The highest BCUT2D eigenvalue weighted by Crippen LogP contribution is 2.42. The molecule has 2 aliphatic heterocycles. The van der Waals surface area contributed by atoms with Crippen LogP contribution in [0.15, 0.2) is 0 Å². The summed E-state index contributed by atoms with van der Waals surface area (Å²) in [5.74, 6) is 0.127. The Kier molecular flexibility index (Phi) is 5.40. The Morgan fingerprint density at radius 2 is 1.83 bits per heavy atom. The number of fused-ring (bicyclic) bond motifs is 2. The highest BCUT2D eigenvalue weighted by Gasteiger charge is 2.48. The van der Waals surface area contributed by atoms with Crippen LogP contribution in [0.25, 0.3) is 0 Å². The fourth-order valence-electron chi connectivity index (χ4n) is 3.61. The van der Waals surface area contributed by atoms with Crippen LogP contribution in [-0.4, -0.2) is 59.7 Å². The molecule has 0 unspecified atom stereocenters. The summed E-state index contributed by atoms with van der Waals surface area (Å²) in [5, 5.41) is 0.152. The van der Waals surface area contributed by atoms with E-state index in [0.29, 0.717) is 18.7 Å². The highest BCUT2D eigenvalue weighted by atomic mass is 32.2. The van der Waals surface area contributed by atoms with Crippen LogP contribution in [0.5, 0.6) is 0 Å². The Hall–Kier alpha value is 0.0469. The van der Waals surface area contributed by atoms with Crippen LogP contribution in [0.3, 0.4) is 0 Å². The molecule has 0 aromatic heterocycles. The molecular weight excluding hydrogens is 330 g/mol. The van der Waals surface area contributed by atoms with Crippen LogP contribution in [0.2, 0.25) is 18.1 Å². The lowest BCUT2D eigenvalue weighted by atomic mass is 9.88. The van der Waals surface area contributed by atoms with E-state index >= 15 is 0 Å². The second-order valence-electron chi connectivity index (χ2n) is 8.77. The SMILES string of the molecule is CN1[C@H]2CC[C@@H]1[C@@H](CO[Si](C)(C)C(C)(C)C)[C@H](OS(C)(=O)=O)C2. The van der Waals surface area contributed by atoms with E-state index < -0.39 is 18.4 Å². The van der Waals surface area contributed by atoms with Gasteiger partial charge in [-0.1, -0.05) is 20.8 Å². The molecule has 2 bridgehead atoms. The molecule has 0 aromatic rings. The summed E-state index contributed by atoms with van der Waals surface area (Å²) in [6.45, 7) is 11.7. The largest absolute Gasteiger partial charge is 0.416 e. The lowest BCUT2D eigenvalue weighted by Crippen LogP contribution is -2.53. The van der Waals surface area contributed by atoms with E-state index in [2.05, 4.69) is 45.8 Å². The van der Waals surface area contributed by atoms with Gasteiger partial charge in [-0.25, -0.2) is 0 Å². The lowest BCUT2D eigenvalue weighted by Gasteiger charge is -2.44. The first-order valence-corrected chi connectivity index (χ1v) is 13.3. The summed E-state index contributed by atoms with van der Waals surface area (Å²) in [6.07, 6.45) is 3.92. The van der Waals surface area contributed by atoms with Crippen molar-refractivity contribution in [2.24, 2.45) is 5.92 Å². The van der Waals surface area contributed by atoms with Crippen molar-refractivity contribution in [2.45, 2.75) is 76.4 Å². The molecule has 0 saturated carbocycles. The number of piperidine rings is 1. The van der Waals surface area contributed by atoms with Crippen molar-refractivity contribution < 1.29 is 17.0 Å². The second kappa shape index (κ2) is 6.41. The van der Waals surface area contributed by atoms with E-state index in [1.54, 1.807) is 0 Å². The van der Waals surface area contributed by atoms with Crippen molar-refractivity contribution in [1.29, 1.82) is 0 Å². The van der Waals surface area contributed by atoms with Crippen LogP contribution in [0.1, 0.15) is 40.0 Å². The van der Waals surface area contributed by atoms with E-state index in [4.69, 9.17) is 8.61 Å². The third-order valence-electron chi connectivity index (χ3n) is 6.11. The zero-order chi connectivity index (χ0) is 17.6. The fourth-order valence-corrected chi connectivity index (χ4v) is 5.32. The van der Waals surface area contributed by atoms with Gasteiger partial charge < -0.3 is 4.43 Å². The minimum atomic E-state index is -3.44. The van der Waals surface area contributed by atoms with Crippen molar-refractivity contribution in [1.82, 2.24) is 4.90 Å². The van der Waals surface area contributed by atoms with Crippen molar-refractivity contribution in [3.05, 3.63) is 0 Å². The first-order chi connectivity index (χ1) is 10.3. The van der Waals surface area contributed by atoms with Crippen LogP contribution in [0, 0.1) is 5.92 Å². The molecule has 0 aromatic carbocycles. The third-order valence-corrected chi connectivity index (χ3v) is 11.2. The molecule has 0 N–H and O–H groups in total. The topological polar surface area (TPSA) is 55.8 Å². The molecule has 4 atom stereocenters. The molecule has 7 heteroatoms. The lowest BCUT2D eigenvalue weighted by molar-refractivity contribution is -0.0108. The smallest absolute Gasteiger partial charge is 0.264 e. The number of rotatable bonds is 5. The molecule has 5 nitrogen and oxygen atoms in total. The van der Waals surface area contributed by atoms with E-state index in [0.717, 1.165) is 25.5 Å². The van der Waals surface area contributed by atoms with Gasteiger partial charge in [-0.15, -0.1) is 0 Å². The first kappa shape index (κ1) is 19.4. The summed E-state index contributed by atoms with van der Waals surface area (Å²) in [7, 11) is -3.14. The van der Waals surface area contributed by atoms with Crippen molar-refractivity contribution in [2.75, 3.05) is 19.9 Å². The van der Waals surface area contributed by atoms with E-state index in [1.165, 1.54) is 0 Å². The standard InChI is InChI=1S/C16H33NO4SSi/c1-16(2,3)23(6,7)20-11-13-14-9-8-12(17(14)4)10-15(13)21-22(5,18)19/h12-15H,8-11H2,1-7H3/t12-,13+,14+,15+/m0/s1. The van der Waals surface area contributed by atoms with Gasteiger partial charge in [-0.3, -0.25) is 9.08 Å². The Morgan fingerprint density at radius 3 is 2.35 bits per heavy atom. The number of hydrogen-bond acceptors (Lipinski definition) is 5. The summed E-state index contributed by atoms with van der Waals surface area (Å²) >= 11 is 0. The molecule has 2 saturated heterocycles. The minimum Gasteiger partial charge on any atom is -0.416 e. The monoisotopic (exact) mass is 363 g/mol. The van der Waals surface area contributed by atoms with Gasteiger partial charge in [0, 0.05) is 24.6 Å². The maximum Gasteiger partial charge on any atom is 0.264 e. The second-order valence-corrected chi connectivity index (χ2v) is 15.2. The Labute approximate surface area is 143 Å². The summed E-state index contributed by atoms with van der Waals surface area (Å²) in [4.78, 5) is 2.40. The molecule has 0 radical (unpaired) electrons. The van der Waals surface area contributed by atoms with E-state index in [-0.39, 0.29) is 17.1 Å². The number of hydrogen-bond donors (Lipinski definition) is 0. The average Bonchev–Trinajstić information content (AvgIpc) is 2.60. The Balaban J connectivity index is 2.14. The molecule has 2 fully saturated rings. The van der Waals surface area contributed by atoms with Gasteiger partial charge in [0.2, 0.25) is 0 Å². The molecule has 136 valence electrons. The van der Waals surface area contributed by atoms with E-state index in [9.17, 15) is 8.42 Å². The maximum absolute atomic E-state index is 11.7. The summed E-state index contributed by atoms with van der Waals surface area (Å²) in [6, 6.07) is 0.807. The maximum atomic E-state index is 11.7. The predicted octanol–water partition coefficient (Wildman–Crippen LogP) is 2.84. The van der Waals surface area contributed by atoms with Crippen LogP contribution in [0.4, 0.5) is 0 Å². The molecule has 23 heavy (non-hydrogen) atoms. The molecule has 2 aliphatic rings. The van der Waals surface area contributed by atoms with Crippen LogP contribution < -0.4 is 0 Å². The normalized spacial score (nSPS) is 33.2. The molecule has 2 heterocycles. The number of nitrogens with zero attached hydrogens (tertiary/aromatic N) is 1. The van der Waals surface area contributed by atoms with Gasteiger partial charge in [0.15, 0.2) is 8.32 Å². The molecule has 2 rings (SSSR count).